The predicted octanol–water partition coefficient (Wildman–Crippen LogP) is 2.74. The van der Waals surface area contributed by atoms with Gasteiger partial charge < -0.3 is 4.74 Å². The predicted molar refractivity (Wildman–Crippen MR) is 45.5 cm³/mol. The van der Waals surface area contributed by atoms with Crippen LogP contribution in [-0.4, -0.2) is 12.2 Å². The van der Waals surface area contributed by atoms with Crippen LogP contribution in [-0.2, 0) is 4.74 Å². The largest absolute Gasteiger partial charge is 0.369 e. The third-order valence-electron chi connectivity index (χ3n) is 3.14. The van der Waals surface area contributed by atoms with Crippen molar-refractivity contribution in [1.82, 2.24) is 0 Å². The SMILES string of the molecule is CCC1OC1C1CCCCC1. The molecule has 0 spiro atoms. The van der Waals surface area contributed by atoms with Gasteiger partial charge in [0, 0.05) is 0 Å². The van der Waals surface area contributed by atoms with Crippen LogP contribution in [0.4, 0.5) is 0 Å². The van der Waals surface area contributed by atoms with Gasteiger partial charge in [0.15, 0.2) is 0 Å². The summed E-state index contributed by atoms with van der Waals surface area (Å²) in [5.41, 5.74) is 0. The van der Waals surface area contributed by atoms with Crippen molar-refractivity contribution in [2.45, 2.75) is 57.7 Å². The van der Waals surface area contributed by atoms with Gasteiger partial charge in [-0.3, -0.25) is 0 Å². The van der Waals surface area contributed by atoms with Gasteiger partial charge in [-0.1, -0.05) is 26.2 Å². The van der Waals surface area contributed by atoms with Crippen molar-refractivity contribution in [3.8, 4) is 0 Å². The minimum atomic E-state index is 0.637. The van der Waals surface area contributed by atoms with E-state index in [2.05, 4.69) is 6.92 Å². The van der Waals surface area contributed by atoms with Crippen molar-refractivity contribution >= 4 is 0 Å². The molecule has 0 N–H and O–H groups in total. The van der Waals surface area contributed by atoms with E-state index < -0.39 is 0 Å². The topological polar surface area (TPSA) is 12.5 Å². The first kappa shape index (κ1) is 7.60. The third kappa shape index (κ3) is 1.58. The van der Waals surface area contributed by atoms with E-state index in [1.54, 1.807) is 0 Å². The highest BCUT2D eigenvalue weighted by Gasteiger charge is 2.42. The summed E-state index contributed by atoms with van der Waals surface area (Å²) in [7, 11) is 0. The van der Waals surface area contributed by atoms with Gasteiger partial charge in [0.25, 0.3) is 0 Å². The Bertz CT molecular complexity index is 127. The fraction of sp³-hybridized carbons (Fsp3) is 1.00. The van der Waals surface area contributed by atoms with Gasteiger partial charge in [-0.05, 0) is 25.2 Å². The molecule has 2 unspecified atom stereocenters. The standard InChI is InChI=1S/C10H18O/c1-2-9-10(11-9)8-6-4-3-5-7-8/h8-10H,2-7H2,1H3. The summed E-state index contributed by atoms with van der Waals surface area (Å²) in [6, 6.07) is 0. The maximum absolute atomic E-state index is 5.61. The smallest absolute Gasteiger partial charge is 0.0869 e. The van der Waals surface area contributed by atoms with Crippen molar-refractivity contribution in [3.05, 3.63) is 0 Å². The molecule has 0 amide bonds. The molecule has 1 nitrogen and oxygen atoms in total. The molecule has 0 radical (unpaired) electrons. The maximum atomic E-state index is 5.61. The summed E-state index contributed by atoms with van der Waals surface area (Å²) >= 11 is 0. The number of hydrogen-bond donors (Lipinski definition) is 0. The normalized spacial score (nSPS) is 39.0. The zero-order valence-electron chi connectivity index (χ0n) is 7.38. The highest BCUT2D eigenvalue weighted by Crippen LogP contribution is 2.39. The highest BCUT2D eigenvalue weighted by atomic mass is 16.6. The van der Waals surface area contributed by atoms with Crippen LogP contribution < -0.4 is 0 Å². The average molecular weight is 154 g/mol. The molecule has 1 aliphatic carbocycles. The van der Waals surface area contributed by atoms with E-state index in [9.17, 15) is 0 Å². The number of ether oxygens (including phenoxy) is 1. The Kier molecular flexibility index (Phi) is 2.17. The fourth-order valence-corrected chi connectivity index (χ4v) is 2.36. The van der Waals surface area contributed by atoms with Crippen LogP contribution >= 0.6 is 0 Å². The Morgan fingerprint density at radius 2 is 1.91 bits per heavy atom. The Labute approximate surface area is 69.1 Å². The minimum Gasteiger partial charge on any atom is -0.369 e. The Hall–Kier alpha value is -0.0400. The molecule has 1 heteroatoms. The monoisotopic (exact) mass is 154 g/mol. The lowest BCUT2D eigenvalue weighted by Gasteiger charge is -2.19. The van der Waals surface area contributed by atoms with Crippen LogP contribution in [0.5, 0.6) is 0 Å². The fourth-order valence-electron chi connectivity index (χ4n) is 2.36. The second kappa shape index (κ2) is 3.14. The van der Waals surface area contributed by atoms with E-state index >= 15 is 0 Å². The van der Waals surface area contributed by atoms with Crippen LogP contribution in [0.15, 0.2) is 0 Å². The number of rotatable bonds is 2. The van der Waals surface area contributed by atoms with Gasteiger partial charge in [-0.25, -0.2) is 0 Å². The molecular formula is C10H18O. The molecule has 2 aliphatic rings. The highest BCUT2D eigenvalue weighted by molar-refractivity contribution is 4.90. The van der Waals surface area contributed by atoms with Gasteiger partial charge in [-0.15, -0.1) is 0 Å². The molecule has 2 fully saturated rings. The van der Waals surface area contributed by atoms with Gasteiger partial charge in [0.2, 0.25) is 0 Å². The summed E-state index contributed by atoms with van der Waals surface area (Å²) in [5.74, 6) is 0.925. The molecule has 0 aromatic rings. The van der Waals surface area contributed by atoms with Gasteiger partial charge in [0.1, 0.15) is 0 Å². The van der Waals surface area contributed by atoms with Crippen molar-refractivity contribution < 1.29 is 4.74 Å². The van der Waals surface area contributed by atoms with Gasteiger partial charge >= 0.3 is 0 Å². The Morgan fingerprint density at radius 1 is 1.18 bits per heavy atom. The van der Waals surface area contributed by atoms with E-state index in [-0.39, 0.29) is 0 Å². The lowest BCUT2D eigenvalue weighted by Crippen LogP contribution is -2.14. The van der Waals surface area contributed by atoms with E-state index in [4.69, 9.17) is 4.74 Å². The number of hydrogen-bond acceptors (Lipinski definition) is 1. The third-order valence-corrected chi connectivity index (χ3v) is 3.14. The molecule has 0 bridgehead atoms. The van der Waals surface area contributed by atoms with E-state index in [0.29, 0.717) is 12.2 Å². The lowest BCUT2D eigenvalue weighted by atomic mass is 9.86. The van der Waals surface area contributed by atoms with Gasteiger partial charge in [0.05, 0.1) is 12.2 Å². The first-order valence-corrected chi connectivity index (χ1v) is 5.07. The van der Waals surface area contributed by atoms with Gasteiger partial charge in [-0.2, -0.15) is 0 Å². The molecule has 11 heavy (non-hydrogen) atoms. The van der Waals surface area contributed by atoms with Crippen molar-refractivity contribution in [1.29, 1.82) is 0 Å². The molecule has 1 heterocycles. The summed E-state index contributed by atoms with van der Waals surface area (Å²) in [5, 5.41) is 0. The molecule has 1 saturated heterocycles. The zero-order chi connectivity index (χ0) is 7.68. The second-order valence-electron chi connectivity index (χ2n) is 3.95. The molecule has 64 valence electrons. The van der Waals surface area contributed by atoms with E-state index in [0.717, 1.165) is 5.92 Å². The summed E-state index contributed by atoms with van der Waals surface area (Å²) in [6.45, 7) is 2.23. The molecule has 2 atom stereocenters. The molecule has 0 aromatic heterocycles. The summed E-state index contributed by atoms with van der Waals surface area (Å²) in [4.78, 5) is 0. The van der Waals surface area contributed by atoms with Crippen LogP contribution in [0.3, 0.4) is 0 Å². The average Bonchev–Trinajstić information content (AvgIpc) is 2.85. The van der Waals surface area contributed by atoms with Crippen molar-refractivity contribution in [2.24, 2.45) is 5.92 Å². The molecular weight excluding hydrogens is 136 g/mol. The van der Waals surface area contributed by atoms with Crippen LogP contribution in [0, 0.1) is 5.92 Å². The first-order valence-electron chi connectivity index (χ1n) is 5.07. The zero-order valence-corrected chi connectivity index (χ0v) is 7.38. The van der Waals surface area contributed by atoms with Crippen LogP contribution in [0.1, 0.15) is 45.4 Å². The van der Waals surface area contributed by atoms with Crippen molar-refractivity contribution in [2.75, 3.05) is 0 Å². The first-order chi connectivity index (χ1) is 5.42. The minimum absolute atomic E-state index is 0.637. The molecule has 1 aliphatic heterocycles. The Balaban J connectivity index is 1.77. The van der Waals surface area contributed by atoms with Crippen molar-refractivity contribution in [3.63, 3.8) is 0 Å². The lowest BCUT2D eigenvalue weighted by molar-refractivity contribution is 0.262. The van der Waals surface area contributed by atoms with E-state index in [1.165, 1.54) is 38.5 Å². The van der Waals surface area contributed by atoms with E-state index in [1.807, 2.05) is 0 Å². The molecule has 0 aromatic carbocycles. The number of epoxide rings is 1. The quantitative estimate of drug-likeness (QED) is 0.557. The Morgan fingerprint density at radius 3 is 2.45 bits per heavy atom. The summed E-state index contributed by atoms with van der Waals surface area (Å²) < 4.78 is 5.61. The van der Waals surface area contributed by atoms with Crippen LogP contribution in [0.25, 0.3) is 0 Å². The second-order valence-corrected chi connectivity index (χ2v) is 3.95. The maximum Gasteiger partial charge on any atom is 0.0869 e. The van der Waals surface area contributed by atoms with Crippen LogP contribution in [0.2, 0.25) is 0 Å². The summed E-state index contributed by atoms with van der Waals surface area (Å²) in [6.07, 6.45) is 9.74. The molecule has 2 rings (SSSR count). The molecule has 1 saturated carbocycles.